The zero-order valence-corrected chi connectivity index (χ0v) is 18.1. The molecule has 2 aromatic heterocycles. The Hall–Kier alpha value is -4.19. The molecule has 1 amide bonds. The highest BCUT2D eigenvalue weighted by atomic mass is 16.5. The third kappa shape index (κ3) is 4.28. The number of anilines is 1. The van der Waals surface area contributed by atoms with E-state index in [2.05, 4.69) is 5.32 Å². The molecule has 1 aliphatic rings. The Labute approximate surface area is 190 Å². The number of aryl methyl sites for hydroxylation is 1. The van der Waals surface area contributed by atoms with Gasteiger partial charge in [-0.25, -0.2) is 9.78 Å². The molecule has 2 aromatic carbocycles. The second kappa shape index (κ2) is 8.74. The van der Waals surface area contributed by atoms with Crippen LogP contribution in [0.1, 0.15) is 39.4 Å². The van der Waals surface area contributed by atoms with Crippen molar-refractivity contribution in [2.24, 2.45) is 0 Å². The number of benzene rings is 2. The van der Waals surface area contributed by atoms with Crippen LogP contribution in [0.25, 0.3) is 22.6 Å². The molecule has 4 aromatic rings. The lowest BCUT2D eigenvalue weighted by molar-refractivity contribution is -0.119. The van der Waals surface area contributed by atoms with Gasteiger partial charge < -0.3 is 14.5 Å². The van der Waals surface area contributed by atoms with Crippen molar-refractivity contribution >= 4 is 40.1 Å². The number of hydrogen-bond acceptors (Lipinski definition) is 5. The van der Waals surface area contributed by atoms with Crippen molar-refractivity contribution in [1.29, 1.82) is 0 Å². The molecule has 0 saturated carbocycles. The Morgan fingerprint density at radius 2 is 1.97 bits per heavy atom. The molecule has 6 heteroatoms. The average molecular weight is 438 g/mol. The van der Waals surface area contributed by atoms with Crippen LogP contribution in [0.3, 0.4) is 0 Å². The van der Waals surface area contributed by atoms with Gasteiger partial charge in [-0.1, -0.05) is 30.3 Å². The Kier molecular flexibility index (Phi) is 5.48. The summed E-state index contributed by atoms with van der Waals surface area (Å²) in [4.78, 5) is 30.4. The minimum atomic E-state index is -0.525. The number of carbonyl (C=O) groups excluding carboxylic acids is 2. The number of hydrogen-bond donors (Lipinski definition) is 1. The van der Waals surface area contributed by atoms with Crippen LogP contribution < -0.4 is 5.32 Å². The molecule has 0 radical (unpaired) electrons. The quantitative estimate of drug-likeness (QED) is 0.421. The zero-order chi connectivity index (χ0) is 22.8. The Bertz CT molecular complexity index is 1390. The zero-order valence-electron chi connectivity index (χ0n) is 18.1. The highest BCUT2D eigenvalue weighted by Crippen LogP contribution is 2.37. The number of nitrogens with one attached hydrogen (secondary N) is 1. The second-order valence-electron chi connectivity index (χ2n) is 8.01. The molecule has 1 aliphatic carbocycles. The summed E-state index contributed by atoms with van der Waals surface area (Å²) in [5.74, 6) is -0.171. The van der Waals surface area contributed by atoms with Crippen LogP contribution in [0.2, 0.25) is 0 Å². The van der Waals surface area contributed by atoms with Crippen molar-refractivity contribution in [3.05, 3.63) is 95.1 Å². The number of rotatable bonds is 5. The number of nitrogens with zero attached hydrogens (tertiary/aromatic N) is 1. The topological polar surface area (TPSA) is 81.4 Å². The van der Waals surface area contributed by atoms with Gasteiger partial charge in [0.25, 0.3) is 5.91 Å². The van der Waals surface area contributed by atoms with E-state index in [1.807, 2.05) is 67.6 Å². The molecule has 33 heavy (non-hydrogen) atoms. The van der Waals surface area contributed by atoms with Gasteiger partial charge in [0.2, 0.25) is 0 Å². The number of amides is 1. The largest absolute Gasteiger partial charge is 0.465 e. The fourth-order valence-electron chi connectivity index (χ4n) is 4.18. The predicted molar refractivity (Wildman–Crippen MR) is 127 cm³/mol. The SMILES string of the molecule is Cc1cccc(NC(=O)COC(=O)c2c3c(nc4ccccc24)C(=Cc2ccco2)CC3)c1. The molecule has 0 atom stereocenters. The lowest BCUT2D eigenvalue weighted by Crippen LogP contribution is -2.21. The number of allylic oxidation sites excluding steroid dienone is 1. The number of furan rings is 1. The first-order valence-corrected chi connectivity index (χ1v) is 10.8. The second-order valence-corrected chi connectivity index (χ2v) is 8.01. The number of fused-ring (bicyclic) bond motifs is 2. The van der Waals surface area contributed by atoms with Gasteiger partial charge in [-0.15, -0.1) is 0 Å². The van der Waals surface area contributed by atoms with E-state index in [4.69, 9.17) is 14.1 Å². The Morgan fingerprint density at radius 3 is 2.79 bits per heavy atom. The third-order valence-electron chi connectivity index (χ3n) is 5.64. The van der Waals surface area contributed by atoms with Crippen LogP contribution >= 0.6 is 0 Å². The van der Waals surface area contributed by atoms with Crippen molar-refractivity contribution in [1.82, 2.24) is 4.98 Å². The molecule has 0 unspecified atom stereocenters. The van der Waals surface area contributed by atoms with Gasteiger partial charge in [-0.05, 0) is 72.9 Å². The maximum Gasteiger partial charge on any atom is 0.339 e. The lowest BCUT2D eigenvalue weighted by Gasteiger charge is -2.12. The molecule has 0 fully saturated rings. The summed E-state index contributed by atoms with van der Waals surface area (Å²) in [5, 5.41) is 3.48. The molecular formula is C27H22N2O4. The van der Waals surface area contributed by atoms with E-state index in [-0.39, 0.29) is 12.5 Å². The van der Waals surface area contributed by atoms with Crippen LogP contribution in [0.15, 0.2) is 71.3 Å². The van der Waals surface area contributed by atoms with E-state index in [0.717, 1.165) is 40.0 Å². The summed E-state index contributed by atoms with van der Waals surface area (Å²) >= 11 is 0. The van der Waals surface area contributed by atoms with E-state index in [1.54, 1.807) is 12.3 Å². The normalized spacial score (nSPS) is 13.8. The molecule has 0 aliphatic heterocycles. The van der Waals surface area contributed by atoms with Crippen molar-refractivity contribution in [2.45, 2.75) is 19.8 Å². The monoisotopic (exact) mass is 438 g/mol. The van der Waals surface area contributed by atoms with E-state index < -0.39 is 5.97 Å². The predicted octanol–water partition coefficient (Wildman–Crippen LogP) is 5.42. The van der Waals surface area contributed by atoms with Crippen molar-refractivity contribution in [3.63, 3.8) is 0 Å². The summed E-state index contributed by atoms with van der Waals surface area (Å²) in [5.41, 5.74) is 5.51. The van der Waals surface area contributed by atoms with Gasteiger partial charge >= 0.3 is 5.97 Å². The Balaban J connectivity index is 1.43. The number of pyridine rings is 1. The van der Waals surface area contributed by atoms with Gasteiger partial charge in [0, 0.05) is 11.1 Å². The van der Waals surface area contributed by atoms with Crippen LogP contribution in [0, 0.1) is 6.92 Å². The van der Waals surface area contributed by atoms with E-state index >= 15 is 0 Å². The van der Waals surface area contributed by atoms with Gasteiger partial charge in [0.15, 0.2) is 6.61 Å². The Morgan fingerprint density at radius 1 is 1.09 bits per heavy atom. The maximum absolute atomic E-state index is 13.2. The third-order valence-corrected chi connectivity index (χ3v) is 5.64. The summed E-state index contributed by atoms with van der Waals surface area (Å²) in [7, 11) is 0. The molecule has 164 valence electrons. The van der Waals surface area contributed by atoms with Crippen LogP contribution in [-0.4, -0.2) is 23.5 Å². The lowest BCUT2D eigenvalue weighted by atomic mass is 10.0. The number of ether oxygens (including phenoxy) is 1. The summed E-state index contributed by atoms with van der Waals surface area (Å²) < 4.78 is 10.9. The molecule has 5 rings (SSSR count). The van der Waals surface area contributed by atoms with E-state index in [9.17, 15) is 9.59 Å². The van der Waals surface area contributed by atoms with Crippen molar-refractivity contribution < 1.29 is 18.7 Å². The van der Waals surface area contributed by atoms with Crippen molar-refractivity contribution in [2.75, 3.05) is 11.9 Å². The van der Waals surface area contributed by atoms with Gasteiger partial charge in [-0.3, -0.25) is 4.79 Å². The summed E-state index contributed by atoms with van der Waals surface area (Å²) in [6, 6.07) is 18.7. The summed E-state index contributed by atoms with van der Waals surface area (Å²) in [6.07, 6.45) is 4.99. The molecule has 0 bridgehead atoms. The number of aromatic nitrogens is 1. The molecule has 0 spiro atoms. The van der Waals surface area contributed by atoms with Crippen LogP contribution in [-0.2, 0) is 16.0 Å². The van der Waals surface area contributed by atoms with Gasteiger partial charge in [-0.2, -0.15) is 0 Å². The number of para-hydroxylation sites is 1. The average Bonchev–Trinajstić information content (AvgIpc) is 3.46. The number of esters is 1. The highest BCUT2D eigenvalue weighted by Gasteiger charge is 2.28. The first-order chi connectivity index (χ1) is 16.1. The molecule has 1 N–H and O–H groups in total. The van der Waals surface area contributed by atoms with Gasteiger partial charge in [0.1, 0.15) is 5.76 Å². The number of carbonyl (C=O) groups is 2. The molecular weight excluding hydrogens is 416 g/mol. The fraction of sp³-hybridized carbons (Fsp3) is 0.148. The highest BCUT2D eigenvalue weighted by molar-refractivity contribution is 6.07. The summed E-state index contributed by atoms with van der Waals surface area (Å²) in [6.45, 7) is 1.58. The standard InChI is InChI=1S/C27H22N2O4/c1-17-6-4-7-19(14-17)28-24(30)16-33-27(31)25-21-9-2-3-10-23(21)29-26-18(11-12-22(25)26)15-20-8-5-13-32-20/h2-10,13-15H,11-12,16H2,1H3,(H,28,30). The first-order valence-electron chi connectivity index (χ1n) is 10.8. The molecule has 2 heterocycles. The molecule has 6 nitrogen and oxygen atoms in total. The minimum Gasteiger partial charge on any atom is -0.465 e. The van der Waals surface area contributed by atoms with E-state index in [1.165, 1.54) is 0 Å². The smallest absolute Gasteiger partial charge is 0.339 e. The first kappa shape index (κ1) is 20.7. The van der Waals surface area contributed by atoms with Crippen LogP contribution in [0.4, 0.5) is 5.69 Å². The minimum absolute atomic E-state index is 0.368. The van der Waals surface area contributed by atoms with Gasteiger partial charge in [0.05, 0.1) is 23.0 Å². The molecule has 0 saturated heterocycles. The fourth-order valence-corrected chi connectivity index (χ4v) is 4.18. The van der Waals surface area contributed by atoms with Crippen molar-refractivity contribution in [3.8, 4) is 0 Å². The maximum atomic E-state index is 13.2. The van der Waals surface area contributed by atoms with Crippen LogP contribution in [0.5, 0.6) is 0 Å². The van der Waals surface area contributed by atoms with E-state index in [0.29, 0.717) is 23.2 Å².